The van der Waals surface area contributed by atoms with Crippen LogP contribution in [-0.2, 0) is 4.74 Å². The minimum atomic E-state index is -0.122. The van der Waals surface area contributed by atoms with Crippen molar-refractivity contribution in [3.8, 4) is 0 Å². The molecule has 2 N–H and O–H groups in total. The molecule has 0 aromatic carbocycles. The van der Waals surface area contributed by atoms with E-state index in [1.54, 1.807) is 6.07 Å². The van der Waals surface area contributed by atoms with Crippen LogP contribution in [0.2, 0.25) is 0 Å². The Balaban J connectivity index is 1.76. The van der Waals surface area contributed by atoms with Crippen molar-refractivity contribution in [2.24, 2.45) is 0 Å². The maximum absolute atomic E-state index is 12.1. The highest BCUT2D eigenvalue weighted by molar-refractivity contribution is 5.92. The lowest BCUT2D eigenvalue weighted by Crippen LogP contribution is -2.41. The van der Waals surface area contributed by atoms with Crippen LogP contribution < -0.4 is 10.6 Å². The highest BCUT2D eigenvalue weighted by Crippen LogP contribution is 2.05. The van der Waals surface area contributed by atoms with Crippen molar-refractivity contribution >= 4 is 11.7 Å². The summed E-state index contributed by atoms with van der Waals surface area (Å²) in [5, 5.41) is 6.10. The molecule has 2 heterocycles. The third-order valence-corrected chi connectivity index (χ3v) is 3.36. The number of hydrogen-bond acceptors (Lipinski definition) is 5. The van der Waals surface area contributed by atoms with Crippen LogP contribution in [0.1, 0.15) is 23.8 Å². The number of carbonyl (C=O) groups is 1. The number of ether oxygens (including phenoxy) is 1. The molecule has 1 aliphatic rings. The van der Waals surface area contributed by atoms with Crippen LogP contribution in [0, 0.1) is 0 Å². The highest BCUT2D eigenvalue weighted by atomic mass is 16.5. The van der Waals surface area contributed by atoms with Gasteiger partial charge in [-0.2, -0.15) is 0 Å². The smallest absolute Gasteiger partial charge is 0.270 e. The Morgan fingerprint density at radius 3 is 2.90 bits per heavy atom. The monoisotopic (exact) mass is 292 g/mol. The summed E-state index contributed by atoms with van der Waals surface area (Å²) >= 11 is 0. The maximum Gasteiger partial charge on any atom is 0.270 e. The van der Waals surface area contributed by atoms with Crippen molar-refractivity contribution in [3.63, 3.8) is 0 Å². The molecule has 1 aromatic rings. The van der Waals surface area contributed by atoms with E-state index in [0.29, 0.717) is 12.2 Å². The molecule has 1 saturated heterocycles. The zero-order chi connectivity index (χ0) is 14.9. The van der Waals surface area contributed by atoms with Gasteiger partial charge in [0.1, 0.15) is 11.5 Å². The average Bonchev–Trinajstić information content (AvgIpc) is 2.54. The minimum absolute atomic E-state index is 0.122. The zero-order valence-electron chi connectivity index (χ0n) is 12.6. The van der Waals surface area contributed by atoms with Crippen molar-refractivity contribution in [2.45, 2.75) is 13.3 Å². The van der Waals surface area contributed by atoms with E-state index >= 15 is 0 Å². The quantitative estimate of drug-likeness (QED) is 0.784. The number of aromatic nitrogens is 1. The first kappa shape index (κ1) is 15.7. The van der Waals surface area contributed by atoms with Crippen molar-refractivity contribution in [2.75, 3.05) is 51.3 Å². The number of morpholine rings is 1. The van der Waals surface area contributed by atoms with Crippen LogP contribution in [0.4, 0.5) is 5.82 Å². The minimum Gasteiger partial charge on any atom is -0.379 e. The molecule has 1 aromatic heterocycles. The molecule has 6 heteroatoms. The number of amides is 1. The lowest BCUT2D eigenvalue weighted by Gasteiger charge is -2.26. The van der Waals surface area contributed by atoms with Crippen molar-refractivity contribution in [1.29, 1.82) is 0 Å². The fourth-order valence-electron chi connectivity index (χ4n) is 2.16. The molecule has 0 radical (unpaired) electrons. The van der Waals surface area contributed by atoms with E-state index in [1.165, 1.54) is 0 Å². The second kappa shape index (κ2) is 8.59. The van der Waals surface area contributed by atoms with E-state index in [4.69, 9.17) is 4.74 Å². The average molecular weight is 292 g/mol. The first-order valence-corrected chi connectivity index (χ1v) is 7.59. The number of rotatable bonds is 7. The Kier molecular flexibility index (Phi) is 6.43. The zero-order valence-corrected chi connectivity index (χ0v) is 12.6. The third kappa shape index (κ3) is 5.32. The van der Waals surface area contributed by atoms with Gasteiger partial charge in [-0.15, -0.1) is 0 Å². The predicted octanol–water partition coefficient (Wildman–Crippen LogP) is 0.965. The summed E-state index contributed by atoms with van der Waals surface area (Å²) in [5.74, 6) is 0.626. The first-order chi connectivity index (χ1) is 10.3. The molecule has 0 spiro atoms. The molecule has 0 bridgehead atoms. The van der Waals surface area contributed by atoms with Gasteiger partial charge in [0.2, 0.25) is 0 Å². The number of anilines is 1. The van der Waals surface area contributed by atoms with Gasteiger partial charge >= 0.3 is 0 Å². The Hall–Kier alpha value is -1.66. The Bertz CT molecular complexity index is 447. The summed E-state index contributed by atoms with van der Waals surface area (Å²) in [6, 6.07) is 5.46. The van der Waals surface area contributed by atoms with Crippen LogP contribution in [0.25, 0.3) is 0 Å². The predicted molar refractivity (Wildman–Crippen MR) is 82.6 cm³/mol. The number of pyridine rings is 1. The third-order valence-electron chi connectivity index (χ3n) is 3.36. The Morgan fingerprint density at radius 2 is 2.14 bits per heavy atom. The number of hydrogen-bond donors (Lipinski definition) is 2. The molecule has 2 rings (SSSR count). The maximum atomic E-state index is 12.1. The summed E-state index contributed by atoms with van der Waals surface area (Å²) < 4.78 is 5.30. The lowest BCUT2D eigenvalue weighted by molar-refractivity contribution is 0.0383. The summed E-state index contributed by atoms with van der Waals surface area (Å²) in [6.07, 6.45) is 1.03. The van der Waals surface area contributed by atoms with E-state index in [-0.39, 0.29) is 5.91 Å². The van der Waals surface area contributed by atoms with E-state index < -0.39 is 0 Å². The molecular weight excluding hydrogens is 268 g/mol. The Morgan fingerprint density at radius 1 is 1.33 bits per heavy atom. The van der Waals surface area contributed by atoms with Gasteiger partial charge in [-0.1, -0.05) is 13.0 Å². The Labute approximate surface area is 125 Å². The van der Waals surface area contributed by atoms with Gasteiger partial charge in [-0.05, 0) is 18.6 Å². The molecule has 21 heavy (non-hydrogen) atoms. The lowest BCUT2D eigenvalue weighted by atomic mass is 10.3. The van der Waals surface area contributed by atoms with E-state index in [1.807, 2.05) is 12.1 Å². The van der Waals surface area contributed by atoms with Crippen molar-refractivity contribution in [3.05, 3.63) is 23.9 Å². The van der Waals surface area contributed by atoms with E-state index in [0.717, 1.165) is 51.6 Å². The molecule has 0 atom stereocenters. The molecule has 0 unspecified atom stereocenters. The molecular formula is C15H24N4O2. The number of nitrogens with zero attached hydrogens (tertiary/aromatic N) is 2. The van der Waals surface area contributed by atoms with Gasteiger partial charge in [0.05, 0.1) is 13.2 Å². The van der Waals surface area contributed by atoms with Crippen LogP contribution in [0.15, 0.2) is 18.2 Å². The molecule has 1 aliphatic heterocycles. The fraction of sp³-hybridized carbons (Fsp3) is 0.600. The second-order valence-corrected chi connectivity index (χ2v) is 5.04. The summed E-state index contributed by atoms with van der Waals surface area (Å²) in [6.45, 7) is 7.86. The fourth-order valence-corrected chi connectivity index (χ4v) is 2.16. The van der Waals surface area contributed by atoms with Gasteiger partial charge in [0.15, 0.2) is 0 Å². The normalized spacial score (nSPS) is 15.7. The standard InChI is InChI=1S/C15H24N4O2/c1-2-6-16-14-5-3-4-13(18-14)15(20)17-7-8-19-9-11-21-12-10-19/h3-5H,2,6-12H2,1H3,(H,16,18)(H,17,20). The molecule has 1 amide bonds. The molecule has 116 valence electrons. The van der Waals surface area contributed by atoms with Crippen LogP contribution in [-0.4, -0.2) is 61.7 Å². The molecule has 1 fully saturated rings. The van der Waals surface area contributed by atoms with E-state index in [2.05, 4.69) is 27.4 Å². The summed E-state index contributed by atoms with van der Waals surface area (Å²) in [5.41, 5.74) is 0.457. The van der Waals surface area contributed by atoms with Gasteiger partial charge < -0.3 is 15.4 Å². The SMILES string of the molecule is CCCNc1cccc(C(=O)NCCN2CCOCC2)n1. The van der Waals surface area contributed by atoms with Crippen LogP contribution >= 0.6 is 0 Å². The largest absolute Gasteiger partial charge is 0.379 e. The van der Waals surface area contributed by atoms with Gasteiger partial charge in [-0.3, -0.25) is 9.69 Å². The highest BCUT2D eigenvalue weighted by Gasteiger charge is 2.11. The second-order valence-electron chi connectivity index (χ2n) is 5.04. The van der Waals surface area contributed by atoms with Crippen molar-refractivity contribution < 1.29 is 9.53 Å². The summed E-state index contributed by atoms with van der Waals surface area (Å²) in [4.78, 5) is 18.7. The van der Waals surface area contributed by atoms with Gasteiger partial charge in [0.25, 0.3) is 5.91 Å². The first-order valence-electron chi connectivity index (χ1n) is 7.59. The molecule has 0 aliphatic carbocycles. The number of nitrogens with one attached hydrogen (secondary N) is 2. The van der Waals surface area contributed by atoms with Crippen molar-refractivity contribution in [1.82, 2.24) is 15.2 Å². The topological polar surface area (TPSA) is 66.5 Å². The van der Waals surface area contributed by atoms with Crippen LogP contribution in [0.3, 0.4) is 0 Å². The number of carbonyl (C=O) groups excluding carboxylic acids is 1. The van der Waals surface area contributed by atoms with Crippen LogP contribution in [0.5, 0.6) is 0 Å². The molecule has 6 nitrogen and oxygen atoms in total. The molecule has 0 saturated carbocycles. The van der Waals surface area contributed by atoms with Gasteiger partial charge in [0, 0.05) is 32.7 Å². The summed E-state index contributed by atoms with van der Waals surface area (Å²) in [7, 11) is 0. The van der Waals surface area contributed by atoms with Gasteiger partial charge in [-0.25, -0.2) is 4.98 Å². The van der Waals surface area contributed by atoms with E-state index in [9.17, 15) is 4.79 Å².